The Kier molecular flexibility index (Phi) is 10.6. The fraction of sp³-hybridized carbons (Fsp3) is 0.619. The summed E-state index contributed by atoms with van der Waals surface area (Å²) in [7, 11) is 1.69. The van der Waals surface area contributed by atoms with Gasteiger partial charge in [-0.2, -0.15) is 0 Å². The second-order valence-corrected chi connectivity index (χ2v) is 7.58. The van der Waals surface area contributed by atoms with Crippen LogP contribution in [0.15, 0.2) is 29.3 Å². The molecule has 1 aromatic rings. The first-order chi connectivity index (χ1) is 13.0. The van der Waals surface area contributed by atoms with Crippen molar-refractivity contribution in [3.05, 3.63) is 29.8 Å². The van der Waals surface area contributed by atoms with Gasteiger partial charge >= 0.3 is 0 Å². The molecule has 158 valence electrons. The summed E-state index contributed by atoms with van der Waals surface area (Å²) in [5.74, 6) is 1.97. The molecule has 0 atom stereocenters. The molecule has 2 rings (SSSR count). The Labute approximate surface area is 186 Å². The van der Waals surface area contributed by atoms with E-state index in [-0.39, 0.29) is 35.3 Å². The zero-order valence-corrected chi connectivity index (χ0v) is 19.9. The van der Waals surface area contributed by atoms with E-state index < -0.39 is 0 Å². The highest BCUT2D eigenvalue weighted by molar-refractivity contribution is 14.0. The topological polar surface area (TPSA) is 66.0 Å². The van der Waals surface area contributed by atoms with Gasteiger partial charge in [-0.1, -0.05) is 26.0 Å². The Morgan fingerprint density at radius 3 is 2.75 bits per heavy atom. The molecular formula is C21H35IN4O2. The largest absolute Gasteiger partial charge is 0.497 e. The molecule has 1 saturated heterocycles. The van der Waals surface area contributed by atoms with E-state index in [4.69, 9.17) is 9.73 Å². The number of hydrogen-bond acceptors (Lipinski definition) is 3. The quantitative estimate of drug-likeness (QED) is 0.236. The van der Waals surface area contributed by atoms with Gasteiger partial charge in [-0.05, 0) is 37.5 Å². The van der Waals surface area contributed by atoms with E-state index in [0.717, 1.165) is 50.7 Å². The maximum atomic E-state index is 11.7. The molecule has 1 aliphatic rings. The molecule has 28 heavy (non-hydrogen) atoms. The van der Waals surface area contributed by atoms with E-state index in [1.807, 2.05) is 17.0 Å². The number of amides is 1. The third kappa shape index (κ3) is 7.48. The Hall–Kier alpha value is -1.51. The summed E-state index contributed by atoms with van der Waals surface area (Å²) >= 11 is 0. The van der Waals surface area contributed by atoms with Crippen molar-refractivity contribution >= 4 is 35.8 Å². The van der Waals surface area contributed by atoms with Crippen LogP contribution in [0.1, 0.15) is 45.6 Å². The lowest BCUT2D eigenvalue weighted by molar-refractivity contribution is -0.127. The highest BCUT2D eigenvalue weighted by atomic mass is 127. The lowest BCUT2D eigenvalue weighted by Gasteiger charge is -2.24. The van der Waals surface area contributed by atoms with Crippen LogP contribution in [0, 0.1) is 0 Å². The Balaban J connectivity index is 0.00000392. The van der Waals surface area contributed by atoms with Crippen LogP contribution in [0.3, 0.4) is 0 Å². The third-order valence-corrected chi connectivity index (χ3v) is 4.90. The van der Waals surface area contributed by atoms with Gasteiger partial charge in [-0.3, -0.25) is 9.79 Å². The predicted molar refractivity (Wildman–Crippen MR) is 126 cm³/mol. The molecule has 0 aliphatic carbocycles. The van der Waals surface area contributed by atoms with Crippen LogP contribution in [0.5, 0.6) is 5.75 Å². The first-order valence-corrected chi connectivity index (χ1v) is 9.91. The standard InChI is InChI=1S/C21H34N4O2.HI/c1-5-22-20(23-12-8-14-25-13-7-11-19(25)26)24-16-21(2,3)17-9-6-10-18(15-17)27-4;/h6,9-10,15H,5,7-8,11-14,16H2,1-4H3,(H2,22,23,24);1H. The second-order valence-electron chi connectivity index (χ2n) is 7.58. The van der Waals surface area contributed by atoms with Crippen molar-refractivity contribution in [3.63, 3.8) is 0 Å². The smallest absolute Gasteiger partial charge is 0.222 e. The summed E-state index contributed by atoms with van der Waals surface area (Å²) in [6, 6.07) is 8.16. The van der Waals surface area contributed by atoms with E-state index in [1.54, 1.807) is 7.11 Å². The van der Waals surface area contributed by atoms with Crippen molar-refractivity contribution < 1.29 is 9.53 Å². The van der Waals surface area contributed by atoms with Crippen LogP contribution < -0.4 is 15.4 Å². The van der Waals surface area contributed by atoms with E-state index in [9.17, 15) is 4.79 Å². The molecule has 0 aromatic heterocycles. The number of aliphatic imine (C=N–C) groups is 1. The molecule has 0 spiro atoms. The van der Waals surface area contributed by atoms with Crippen molar-refractivity contribution in [1.82, 2.24) is 15.5 Å². The minimum absolute atomic E-state index is 0. The first-order valence-electron chi connectivity index (χ1n) is 9.91. The fourth-order valence-corrected chi connectivity index (χ4v) is 3.17. The van der Waals surface area contributed by atoms with Gasteiger partial charge in [-0.25, -0.2) is 0 Å². The zero-order valence-electron chi connectivity index (χ0n) is 17.6. The zero-order chi connectivity index (χ0) is 19.7. The van der Waals surface area contributed by atoms with Crippen molar-refractivity contribution in [2.24, 2.45) is 4.99 Å². The number of hydrogen-bond donors (Lipinski definition) is 2. The van der Waals surface area contributed by atoms with Crippen molar-refractivity contribution in [2.45, 2.75) is 45.4 Å². The molecule has 1 aliphatic heterocycles. The van der Waals surface area contributed by atoms with Gasteiger partial charge in [-0.15, -0.1) is 24.0 Å². The molecule has 0 saturated carbocycles. The summed E-state index contributed by atoms with van der Waals surface area (Å²) in [6.07, 6.45) is 2.63. The van der Waals surface area contributed by atoms with Gasteiger partial charge in [0.15, 0.2) is 5.96 Å². The molecule has 0 unspecified atom stereocenters. The van der Waals surface area contributed by atoms with Crippen molar-refractivity contribution in [1.29, 1.82) is 0 Å². The molecule has 7 heteroatoms. The van der Waals surface area contributed by atoms with Crippen molar-refractivity contribution in [2.75, 3.05) is 39.8 Å². The van der Waals surface area contributed by atoms with Crippen LogP contribution in [0.4, 0.5) is 0 Å². The third-order valence-electron chi connectivity index (χ3n) is 4.90. The SMILES string of the molecule is CCNC(=NCC(C)(C)c1cccc(OC)c1)NCCCN1CCCC1=O.I. The number of likely N-dealkylation sites (tertiary alicyclic amines) is 1. The van der Waals surface area contributed by atoms with Crippen LogP contribution >= 0.6 is 24.0 Å². The number of benzene rings is 1. The van der Waals surface area contributed by atoms with E-state index in [0.29, 0.717) is 13.0 Å². The van der Waals surface area contributed by atoms with Crippen molar-refractivity contribution in [3.8, 4) is 5.75 Å². The van der Waals surface area contributed by atoms with Gasteiger partial charge in [0.1, 0.15) is 5.75 Å². The molecule has 6 nitrogen and oxygen atoms in total. The Bertz CT molecular complexity index is 649. The number of methoxy groups -OCH3 is 1. The summed E-state index contributed by atoms with van der Waals surface area (Å²) in [4.78, 5) is 18.4. The minimum Gasteiger partial charge on any atom is -0.497 e. The highest BCUT2D eigenvalue weighted by Gasteiger charge is 2.21. The van der Waals surface area contributed by atoms with E-state index in [1.165, 1.54) is 5.56 Å². The summed E-state index contributed by atoms with van der Waals surface area (Å²) < 4.78 is 5.34. The van der Waals surface area contributed by atoms with E-state index in [2.05, 4.69) is 43.5 Å². The summed E-state index contributed by atoms with van der Waals surface area (Å²) in [5.41, 5.74) is 1.10. The first kappa shape index (κ1) is 24.5. The maximum absolute atomic E-state index is 11.7. The summed E-state index contributed by atoms with van der Waals surface area (Å²) in [6.45, 7) is 10.4. The van der Waals surface area contributed by atoms with Gasteiger partial charge in [0.25, 0.3) is 0 Å². The monoisotopic (exact) mass is 502 g/mol. The summed E-state index contributed by atoms with van der Waals surface area (Å²) in [5, 5.41) is 6.68. The minimum atomic E-state index is -0.0984. The Morgan fingerprint density at radius 2 is 2.11 bits per heavy atom. The van der Waals surface area contributed by atoms with E-state index >= 15 is 0 Å². The Morgan fingerprint density at radius 1 is 1.32 bits per heavy atom. The lowest BCUT2D eigenvalue weighted by atomic mass is 9.85. The molecular weight excluding hydrogens is 467 g/mol. The molecule has 1 fully saturated rings. The van der Waals surface area contributed by atoms with Crippen LogP contribution in [-0.2, 0) is 10.2 Å². The van der Waals surface area contributed by atoms with Crippen LogP contribution in [0.2, 0.25) is 0 Å². The maximum Gasteiger partial charge on any atom is 0.222 e. The number of nitrogens with one attached hydrogen (secondary N) is 2. The number of rotatable bonds is 9. The number of guanidine groups is 1. The van der Waals surface area contributed by atoms with Gasteiger partial charge in [0.2, 0.25) is 5.91 Å². The normalized spacial score (nSPS) is 14.6. The van der Waals surface area contributed by atoms with Gasteiger partial charge < -0.3 is 20.3 Å². The number of carbonyl (C=O) groups is 1. The average molecular weight is 502 g/mol. The highest BCUT2D eigenvalue weighted by Crippen LogP contribution is 2.26. The number of halogens is 1. The molecule has 0 bridgehead atoms. The molecule has 2 N–H and O–H groups in total. The molecule has 1 heterocycles. The van der Waals surface area contributed by atoms with Crippen LogP contribution in [0.25, 0.3) is 0 Å². The van der Waals surface area contributed by atoms with Gasteiger partial charge in [0, 0.05) is 38.0 Å². The fourth-order valence-electron chi connectivity index (χ4n) is 3.17. The predicted octanol–water partition coefficient (Wildman–Crippen LogP) is 3.16. The number of ether oxygens (including phenoxy) is 1. The second kappa shape index (κ2) is 12.1. The molecule has 0 radical (unpaired) electrons. The average Bonchev–Trinajstić information content (AvgIpc) is 3.08. The van der Waals surface area contributed by atoms with Crippen LogP contribution in [-0.4, -0.2) is 56.6 Å². The molecule has 1 amide bonds. The van der Waals surface area contributed by atoms with Gasteiger partial charge in [0.05, 0.1) is 13.7 Å². The lowest BCUT2D eigenvalue weighted by Crippen LogP contribution is -2.40. The number of nitrogens with zero attached hydrogens (tertiary/aromatic N) is 2. The molecule has 1 aromatic carbocycles. The number of carbonyl (C=O) groups excluding carboxylic acids is 1.